The molecule has 0 radical (unpaired) electrons. The second kappa shape index (κ2) is 7.05. The summed E-state index contributed by atoms with van der Waals surface area (Å²) in [5.41, 5.74) is 2.80. The summed E-state index contributed by atoms with van der Waals surface area (Å²) in [4.78, 5) is 3.88. The van der Waals surface area contributed by atoms with E-state index >= 15 is 0 Å². The highest BCUT2D eigenvalue weighted by atomic mass is 32.2. The first-order chi connectivity index (χ1) is 11.2. The van der Waals surface area contributed by atoms with Gasteiger partial charge < -0.3 is 9.80 Å². The van der Waals surface area contributed by atoms with Gasteiger partial charge in [-0.25, -0.2) is 0 Å². The van der Waals surface area contributed by atoms with Crippen molar-refractivity contribution in [1.82, 2.24) is 4.90 Å². The maximum atomic E-state index is 12.6. The van der Waals surface area contributed by atoms with Crippen molar-refractivity contribution in [3.05, 3.63) is 59.7 Å². The molecule has 5 nitrogen and oxygen atoms in total. The van der Waals surface area contributed by atoms with Crippen LogP contribution in [0.2, 0.25) is 0 Å². The Labute approximate surface area is 144 Å². The SMILES string of the molecule is Cc1ccc(S(=O)(=O)N=C(c2ccc(N(C)C)cc2)N(C)C)cc1. The summed E-state index contributed by atoms with van der Waals surface area (Å²) in [5.74, 6) is 0.404. The fraction of sp³-hybridized carbons (Fsp3) is 0.278. The molecule has 2 aromatic carbocycles. The molecule has 0 aromatic heterocycles. The summed E-state index contributed by atoms with van der Waals surface area (Å²) in [7, 11) is 3.71. The van der Waals surface area contributed by atoms with Gasteiger partial charge in [-0.2, -0.15) is 8.42 Å². The van der Waals surface area contributed by atoms with E-state index in [4.69, 9.17) is 0 Å². The molecule has 0 aliphatic carbocycles. The van der Waals surface area contributed by atoms with E-state index in [1.807, 2.05) is 50.2 Å². The summed E-state index contributed by atoms with van der Waals surface area (Å²) < 4.78 is 29.2. The molecule has 0 spiro atoms. The zero-order chi connectivity index (χ0) is 17.9. The van der Waals surface area contributed by atoms with Gasteiger partial charge in [-0.3, -0.25) is 0 Å². The van der Waals surface area contributed by atoms with Gasteiger partial charge in [0.05, 0.1) is 4.90 Å². The molecule has 0 saturated heterocycles. The molecule has 24 heavy (non-hydrogen) atoms. The minimum Gasteiger partial charge on any atom is -0.378 e. The Kier molecular flexibility index (Phi) is 5.29. The topological polar surface area (TPSA) is 53.0 Å². The molecule has 6 heteroatoms. The van der Waals surface area contributed by atoms with Gasteiger partial charge in [0, 0.05) is 39.4 Å². The predicted octanol–water partition coefficient (Wildman–Crippen LogP) is 2.76. The average molecular weight is 345 g/mol. The molecule has 2 aromatic rings. The van der Waals surface area contributed by atoms with Gasteiger partial charge in [-0.1, -0.05) is 17.7 Å². The Bertz CT molecular complexity index is 822. The zero-order valence-corrected chi connectivity index (χ0v) is 15.5. The molecule has 0 unspecified atom stereocenters. The maximum Gasteiger partial charge on any atom is 0.284 e. The van der Waals surface area contributed by atoms with Crippen LogP contribution in [0.4, 0.5) is 5.69 Å². The van der Waals surface area contributed by atoms with Crippen molar-refractivity contribution in [3.8, 4) is 0 Å². The number of hydrogen-bond donors (Lipinski definition) is 0. The highest BCUT2D eigenvalue weighted by Gasteiger charge is 2.16. The van der Waals surface area contributed by atoms with E-state index in [-0.39, 0.29) is 4.90 Å². The van der Waals surface area contributed by atoms with Gasteiger partial charge in [-0.05, 0) is 43.3 Å². The molecule has 0 bridgehead atoms. The van der Waals surface area contributed by atoms with Crippen LogP contribution in [0, 0.1) is 6.92 Å². The molecule has 0 aliphatic rings. The Morgan fingerprint density at radius 3 is 1.88 bits per heavy atom. The van der Waals surface area contributed by atoms with Crippen molar-refractivity contribution in [1.29, 1.82) is 0 Å². The normalized spacial score (nSPS) is 12.1. The number of sulfonamides is 1. The molecule has 0 aliphatic heterocycles. The van der Waals surface area contributed by atoms with Crippen LogP contribution in [0.5, 0.6) is 0 Å². The van der Waals surface area contributed by atoms with E-state index < -0.39 is 10.0 Å². The smallest absolute Gasteiger partial charge is 0.284 e. The van der Waals surface area contributed by atoms with Crippen LogP contribution in [0.1, 0.15) is 11.1 Å². The molecule has 0 atom stereocenters. The number of anilines is 1. The van der Waals surface area contributed by atoms with Crippen molar-refractivity contribution in [2.45, 2.75) is 11.8 Å². The molecular formula is C18H23N3O2S. The van der Waals surface area contributed by atoms with Gasteiger partial charge in [-0.15, -0.1) is 4.40 Å². The van der Waals surface area contributed by atoms with Crippen LogP contribution in [-0.2, 0) is 10.0 Å². The van der Waals surface area contributed by atoms with E-state index in [1.54, 1.807) is 43.3 Å². The average Bonchev–Trinajstić information content (AvgIpc) is 2.53. The second-order valence-corrected chi connectivity index (χ2v) is 7.64. The monoisotopic (exact) mass is 345 g/mol. The van der Waals surface area contributed by atoms with E-state index in [2.05, 4.69) is 4.40 Å². The third-order valence-electron chi connectivity index (χ3n) is 3.59. The Hall–Kier alpha value is -2.34. The third-order valence-corrected chi connectivity index (χ3v) is 4.87. The summed E-state index contributed by atoms with van der Waals surface area (Å²) in [5, 5.41) is 0. The van der Waals surface area contributed by atoms with Crippen LogP contribution in [0.15, 0.2) is 57.8 Å². The maximum absolute atomic E-state index is 12.6. The summed E-state index contributed by atoms with van der Waals surface area (Å²) >= 11 is 0. The summed E-state index contributed by atoms with van der Waals surface area (Å²) in [6.45, 7) is 1.91. The Morgan fingerprint density at radius 2 is 1.42 bits per heavy atom. The molecule has 0 saturated carbocycles. The van der Waals surface area contributed by atoms with Crippen molar-refractivity contribution in [3.63, 3.8) is 0 Å². The summed E-state index contributed by atoms with van der Waals surface area (Å²) in [6, 6.07) is 14.3. The van der Waals surface area contributed by atoms with Crippen LogP contribution in [0.25, 0.3) is 0 Å². The van der Waals surface area contributed by atoms with Crippen LogP contribution >= 0.6 is 0 Å². The van der Waals surface area contributed by atoms with E-state index in [0.717, 1.165) is 16.8 Å². The standard InChI is InChI=1S/C18H23N3O2S/c1-14-6-12-17(13-7-14)24(22,23)19-18(21(4)5)15-8-10-16(11-9-15)20(2)3/h6-13H,1-5H3. The van der Waals surface area contributed by atoms with Crippen molar-refractivity contribution >= 4 is 21.5 Å². The lowest BCUT2D eigenvalue weighted by atomic mass is 10.2. The molecule has 2 rings (SSSR count). The lowest BCUT2D eigenvalue weighted by molar-refractivity contribution is 0.592. The second-order valence-electron chi connectivity index (χ2n) is 6.04. The molecule has 128 valence electrons. The van der Waals surface area contributed by atoms with Gasteiger partial charge in [0.1, 0.15) is 5.84 Å². The molecule has 0 N–H and O–H groups in total. The first-order valence-electron chi connectivity index (χ1n) is 7.57. The number of hydrogen-bond acceptors (Lipinski definition) is 3. The van der Waals surface area contributed by atoms with Crippen LogP contribution < -0.4 is 4.90 Å². The summed E-state index contributed by atoms with van der Waals surface area (Å²) in [6.07, 6.45) is 0. The fourth-order valence-corrected chi connectivity index (χ4v) is 3.26. The highest BCUT2D eigenvalue weighted by Crippen LogP contribution is 2.18. The van der Waals surface area contributed by atoms with E-state index in [1.165, 1.54) is 0 Å². The first kappa shape index (κ1) is 18.0. The zero-order valence-electron chi connectivity index (χ0n) is 14.7. The molecule has 0 amide bonds. The quantitative estimate of drug-likeness (QED) is 0.632. The number of amidine groups is 1. The Balaban J connectivity index is 2.46. The van der Waals surface area contributed by atoms with E-state index in [9.17, 15) is 8.42 Å². The number of nitrogens with zero attached hydrogens (tertiary/aromatic N) is 3. The Morgan fingerprint density at radius 1 is 0.875 bits per heavy atom. The van der Waals surface area contributed by atoms with Gasteiger partial charge in [0.15, 0.2) is 0 Å². The van der Waals surface area contributed by atoms with Crippen molar-refractivity contribution in [2.75, 3.05) is 33.1 Å². The molecule has 0 fully saturated rings. The lowest BCUT2D eigenvalue weighted by Gasteiger charge is -2.18. The first-order valence-corrected chi connectivity index (χ1v) is 9.01. The molecular weight excluding hydrogens is 322 g/mol. The van der Waals surface area contributed by atoms with E-state index in [0.29, 0.717) is 5.84 Å². The minimum absolute atomic E-state index is 0.192. The fourth-order valence-electron chi connectivity index (χ4n) is 2.18. The minimum atomic E-state index is -3.76. The number of rotatable bonds is 4. The van der Waals surface area contributed by atoms with Gasteiger partial charge >= 0.3 is 0 Å². The third kappa shape index (κ3) is 4.14. The largest absolute Gasteiger partial charge is 0.378 e. The lowest BCUT2D eigenvalue weighted by Crippen LogP contribution is -2.24. The highest BCUT2D eigenvalue weighted by molar-refractivity contribution is 7.90. The molecule has 0 heterocycles. The van der Waals surface area contributed by atoms with Crippen LogP contribution in [0.3, 0.4) is 0 Å². The van der Waals surface area contributed by atoms with Crippen molar-refractivity contribution in [2.24, 2.45) is 4.40 Å². The number of aryl methyl sites for hydroxylation is 1. The van der Waals surface area contributed by atoms with Crippen molar-refractivity contribution < 1.29 is 8.42 Å². The predicted molar refractivity (Wildman–Crippen MR) is 99.4 cm³/mol. The number of benzene rings is 2. The van der Waals surface area contributed by atoms with Gasteiger partial charge in [0.2, 0.25) is 0 Å². The van der Waals surface area contributed by atoms with Gasteiger partial charge in [0.25, 0.3) is 10.0 Å². The van der Waals surface area contributed by atoms with Crippen LogP contribution in [-0.4, -0.2) is 47.3 Å².